The minimum absolute atomic E-state index is 0.334. The molecule has 5 heteroatoms. The molecule has 0 aliphatic carbocycles. The Bertz CT molecular complexity index is 493. The summed E-state index contributed by atoms with van der Waals surface area (Å²) in [4.78, 5) is 18.4. The third kappa shape index (κ3) is 1.47. The van der Waals surface area contributed by atoms with Crippen molar-refractivity contribution in [2.45, 2.75) is 0 Å². The molecule has 0 amide bonds. The van der Waals surface area contributed by atoms with E-state index in [2.05, 4.69) is 37.3 Å². The third-order valence-electron chi connectivity index (χ3n) is 1.90. The molecular formula is C9H7IN2O2. The van der Waals surface area contributed by atoms with Crippen molar-refractivity contribution in [2.24, 2.45) is 0 Å². The fourth-order valence-corrected chi connectivity index (χ4v) is 2.01. The lowest BCUT2D eigenvalue weighted by atomic mass is 10.2. The number of hydrogen-bond donors (Lipinski definition) is 1. The summed E-state index contributed by atoms with van der Waals surface area (Å²) in [5.74, 6) is -0.334. The maximum absolute atomic E-state index is 11.3. The normalized spacial score (nSPS) is 10.4. The van der Waals surface area contributed by atoms with E-state index < -0.39 is 0 Å². The average Bonchev–Trinajstić information content (AvgIpc) is 2.64. The number of methoxy groups -OCH3 is 1. The van der Waals surface area contributed by atoms with Crippen LogP contribution in [0.15, 0.2) is 18.5 Å². The Kier molecular flexibility index (Phi) is 2.40. The second-order valence-electron chi connectivity index (χ2n) is 2.75. The van der Waals surface area contributed by atoms with Gasteiger partial charge in [-0.3, -0.25) is 0 Å². The molecule has 0 aliphatic heterocycles. The number of ether oxygens (including phenoxy) is 1. The molecule has 0 saturated carbocycles. The Morgan fingerprint density at radius 3 is 3.07 bits per heavy atom. The molecule has 1 N–H and O–H groups in total. The summed E-state index contributed by atoms with van der Waals surface area (Å²) in [7, 11) is 1.37. The van der Waals surface area contributed by atoms with Crippen molar-refractivity contribution in [1.82, 2.24) is 9.97 Å². The van der Waals surface area contributed by atoms with Gasteiger partial charge in [-0.15, -0.1) is 0 Å². The number of nitrogens with zero attached hydrogens (tertiary/aromatic N) is 1. The third-order valence-corrected chi connectivity index (χ3v) is 2.72. The number of carbonyl (C=O) groups excluding carboxylic acids is 1. The van der Waals surface area contributed by atoms with Gasteiger partial charge in [0.15, 0.2) is 0 Å². The van der Waals surface area contributed by atoms with Gasteiger partial charge in [-0.2, -0.15) is 0 Å². The lowest BCUT2D eigenvalue weighted by Gasteiger charge is -2.00. The smallest absolute Gasteiger partial charge is 0.337 e. The molecule has 72 valence electrons. The highest BCUT2D eigenvalue weighted by Gasteiger charge is 2.10. The lowest BCUT2D eigenvalue weighted by molar-refractivity contribution is 0.0601. The van der Waals surface area contributed by atoms with Crippen molar-refractivity contribution in [3.05, 3.63) is 27.6 Å². The molecule has 2 rings (SSSR count). The topological polar surface area (TPSA) is 55.0 Å². The van der Waals surface area contributed by atoms with Gasteiger partial charge in [-0.05, 0) is 34.7 Å². The molecule has 0 spiro atoms. The Labute approximate surface area is 93.8 Å². The maximum Gasteiger partial charge on any atom is 0.337 e. The molecule has 0 radical (unpaired) electrons. The number of H-pyrrole nitrogens is 1. The molecule has 4 nitrogen and oxygen atoms in total. The number of carbonyl (C=O) groups is 1. The first kappa shape index (κ1) is 9.45. The van der Waals surface area contributed by atoms with Crippen molar-refractivity contribution < 1.29 is 9.53 Å². The van der Waals surface area contributed by atoms with E-state index in [1.54, 1.807) is 18.5 Å². The Hall–Kier alpha value is -1.11. The number of esters is 1. The van der Waals surface area contributed by atoms with Crippen molar-refractivity contribution in [2.75, 3.05) is 7.11 Å². The summed E-state index contributed by atoms with van der Waals surface area (Å²) in [5.41, 5.74) is 2.25. The van der Waals surface area contributed by atoms with Crippen LogP contribution >= 0.6 is 22.6 Å². The highest BCUT2D eigenvalue weighted by Crippen LogP contribution is 2.19. The number of halogens is 1. The van der Waals surface area contributed by atoms with Crippen LogP contribution in [0.5, 0.6) is 0 Å². The summed E-state index contributed by atoms with van der Waals surface area (Å²) >= 11 is 2.14. The first-order valence-electron chi connectivity index (χ1n) is 3.93. The molecule has 0 fully saturated rings. The van der Waals surface area contributed by atoms with Gasteiger partial charge in [0.2, 0.25) is 0 Å². The molecule has 0 atom stereocenters. The zero-order valence-corrected chi connectivity index (χ0v) is 9.53. The quantitative estimate of drug-likeness (QED) is 0.647. The van der Waals surface area contributed by atoms with E-state index in [1.165, 1.54) is 7.11 Å². The fraction of sp³-hybridized carbons (Fsp3) is 0.111. The van der Waals surface area contributed by atoms with Crippen LogP contribution in [0.2, 0.25) is 0 Å². The molecule has 1 heterocycles. The van der Waals surface area contributed by atoms with E-state index >= 15 is 0 Å². The second kappa shape index (κ2) is 3.56. The predicted octanol–water partition coefficient (Wildman–Crippen LogP) is 1.95. The Morgan fingerprint density at radius 1 is 1.57 bits per heavy atom. The van der Waals surface area contributed by atoms with Gasteiger partial charge in [0, 0.05) is 3.57 Å². The Balaban J connectivity index is 2.64. The lowest BCUT2D eigenvalue weighted by Crippen LogP contribution is -2.01. The van der Waals surface area contributed by atoms with Gasteiger partial charge in [0.25, 0.3) is 0 Å². The zero-order valence-electron chi connectivity index (χ0n) is 7.37. The van der Waals surface area contributed by atoms with Gasteiger partial charge < -0.3 is 9.72 Å². The van der Waals surface area contributed by atoms with Crippen LogP contribution in [0.1, 0.15) is 10.4 Å². The summed E-state index contributed by atoms with van der Waals surface area (Å²) < 4.78 is 5.57. The van der Waals surface area contributed by atoms with E-state index in [-0.39, 0.29) is 5.97 Å². The van der Waals surface area contributed by atoms with Crippen LogP contribution in [-0.2, 0) is 4.74 Å². The van der Waals surface area contributed by atoms with E-state index in [4.69, 9.17) is 0 Å². The van der Waals surface area contributed by atoms with Gasteiger partial charge in [-0.1, -0.05) is 0 Å². The standard InChI is InChI=1S/C9H7IN2O2/c1-14-9(13)5-2-6(10)8-7(3-5)11-4-12-8/h2-4H,1H3,(H,11,12). The minimum Gasteiger partial charge on any atom is -0.465 e. The molecule has 1 aromatic carbocycles. The molecular weight excluding hydrogens is 295 g/mol. The number of aromatic nitrogens is 2. The Morgan fingerprint density at radius 2 is 2.36 bits per heavy atom. The monoisotopic (exact) mass is 302 g/mol. The number of rotatable bonds is 1. The zero-order chi connectivity index (χ0) is 10.1. The molecule has 0 bridgehead atoms. The fourth-order valence-electron chi connectivity index (χ4n) is 1.24. The first-order valence-corrected chi connectivity index (χ1v) is 5.01. The number of fused-ring (bicyclic) bond motifs is 1. The molecule has 1 aromatic heterocycles. The number of nitrogens with one attached hydrogen (secondary N) is 1. The first-order chi connectivity index (χ1) is 6.72. The molecule has 14 heavy (non-hydrogen) atoms. The SMILES string of the molecule is COC(=O)c1cc(I)c2nc[nH]c2c1. The predicted molar refractivity (Wildman–Crippen MR) is 60.2 cm³/mol. The van der Waals surface area contributed by atoms with Gasteiger partial charge >= 0.3 is 5.97 Å². The average molecular weight is 302 g/mol. The van der Waals surface area contributed by atoms with Crippen LogP contribution in [0.4, 0.5) is 0 Å². The number of hydrogen-bond acceptors (Lipinski definition) is 3. The highest BCUT2D eigenvalue weighted by atomic mass is 127. The highest BCUT2D eigenvalue weighted by molar-refractivity contribution is 14.1. The van der Waals surface area contributed by atoms with Crippen LogP contribution in [0.25, 0.3) is 11.0 Å². The van der Waals surface area contributed by atoms with Crippen LogP contribution < -0.4 is 0 Å². The van der Waals surface area contributed by atoms with Crippen molar-refractivity contribution in [1.29, 1.82) is 0 Å². The molecule has 0 aliphatic rings. The van der Waals surface area contributed by atoms with Gasteiger partial charge in [0.1, 0.15) is 5.52 Å². The maximum atomic E-state index is 11.3. The van der Waals surface area contributed by atoms with E-state index in [1.807, 2.05) is 0 Å². The molecule has 0 unspecified atom stereocenters. The largest absolute Gasteiger partial charge is 0.465 e. The molecule has 0 saturated heterocycles. The summed E-state index contributed by atoms with van der Waals surface area (Å²) in [6.07, 6.45) is 1.61. The van der Waals surface area contributed by atoms with E-state index in [0.717, 1.165) is 14.6 Å². The van der Waals surface area contributed by atoms with Gasteiger partial charge in [-0.25, -0.2) is 9.78 Å². The van der Waals surface area contributed by atoms with Crippen LogP contribution in [0.3, 0.4) is 0 Å². The van der Waals surface area contributed by atoms with Crippen LogP contribution in [0, 0.1) is 3.57 Å². The minimum atomic E-state index is -0.334. The van der Waals surface area contributed by atoms with E-state index in [0.29, 0.717) is 5.56 Å². The van der Waals surface area contributed by atoms with E-state index in [9.17, 15) is 4.79 Å². The number of imidazole rings is 1. The summed E-state index contributed by atoms with van der Waals surface area (Å²) in [6.45, 7) is 0. The van der Waals surface area contributed by atoms with Crippen LogP contribution in [-0.4, -0.2) is 23.0 Å². The number of benzene rings is 1. The second-order valence-corrected chi connectivity index (χ2v) is 3.91. The van der Waals surface area contributed by atoms with Crippen molar-refractivity contribution >= 4 is 39.6 Å². The molecule has 2 aromatic rings. The summed E-state index contributed by atoms with van der Waals surface area (Å²) in [6, 6.07) is 3.49. The van der Waals surface area contributed by atoms with Crippen molar-refractivity contribution in [3.63, 3.8) is 0 Å². The van der Waals surface area contributed by atoms with Crippen molar-refractivity contribution in [3.8, 4) is 0 Å². The van der Waals surface area contributed by atoms with Gasteiger partial charge in [0.05, 0.1) is 24.5 Å². The summed E-state index contributed by atoms with van der Waals surface area (Å²) in [5, 5.41) is 0. The number of aromatic amines is 1.